The molecular formula is C29H28N6O4S. The zero-order chi connectivity index (χ0) is 28.0. The number of aryl methyl sites for hydroxylation is 1. The van der Waals surface area contributed by atoms with E-state index in [0.717, 1.165) is 5.56 Å². The number of anilines is 3. The summed E-state index contributed by atoms with van der Waals surface area (Å²) in [5.74, 6) is 0.588. The van der Waals surface area contributed by atoms with E-state index >= 15 is 0 Å². The number of nitrogens with zero attached hydrogens (tertiary/aromatic N) is 3. The van der Waals surface area contributed by atoms with Crippen molar-refractivity contribution in [3.8, 4) is 11.6 Å². The molecule has 204 valence electrons. The number of thiophene rings is 1. The SMILES string of the molecule is CCC(=O)[C@@H]1CC[C@](N)(NC(=O)c2sc3nccc4c3c2N(c2cnc(Oc3ccccc3)cc2C)C(=O)N4)C1. The highest BCUT2D eigenvalue weighted by Gasteiger charge is 2.41. The number of Topliss-reactive ketones (excluding diaryl/α,β-unsaturated/α-hetero) is 1. The molecule has 2 aliphatic rings. The number of carbonyl (C=O) groups excluding carboxylic acids is 3. The third kappa shape index (κ3) is 4.56. The number of rotatable bonds is 7. The first-order valence-corrected chi connectivity index (χ1v) is 13.9. The smallest absolute Gasteiger partial charge is 0.331 e. The van der Waals surface area contributed by atoms with Gasteiger partial charge in [-0.15, -0.1) is 11.3 Å². The van der Waals surface area contributed by atoms with Crippen LogP contribution in [0.25, 0.3) is 10.2 Å². The average Bonchev–Trinajstić information content (AvgIpc) is 3.52. The Labute approximate surface area is 234 Å². The standard InChI is InChI=1S/C29H28N6O4S/c1-3-21(36)17-9-11-29(30,14-17)34-26(37)25-24-23-19(10-12-31-27(23)40-25)33-28(38)35(24)20-15-32-22(13-16(20)2)39-18-7-5-4-6-8-18/h4-8,10,12-13,15,17H,3,9,11,14,30H2,1-2H3,(H,33,38)(H,34,37)/t17-,29+/m1/s1. The van der Waals surface area contributed by atoms with Crippen LogP contribution in [0.2, 0.25) is 0 Å². The number of nitrogens with two attached hydrogens (primary N) is 1. The zero-order valence-corrected chi connectivity index (χ0v) is 22.9. The predicted octanol–water partition coefficient (Wildman–Crippen LogP) is 5.64. The third-order valence-electron chi connectivity index (χ3n) is 7.42. The summed E-state index contributed by atoms with van der Waals surface area (Å²) in [6.07, 6.45) is 5.10. The van der Waals surface area contributed by atoms with Crippen LogP contribution in [0.4, 0.5) is 21.9 Å². The molecule has 0 bridgehead atoms. The molecule has 0 unspecified atom stereocenters. The van der Waals surface area contributed by atoms with Gasteiger partial charge in [0.05, 0.1) is 34.3 Å². The van der Waals surface area contributed by atoms with Gasteiger partial charge in [-0.2, -0.15) is 0 Å². The second-order valence-corrected chi connectivity index (χ2v) is 11.2. The fraction of sp³-hybridized carbons (Fsp3) is 0.276. The lowest BCUT2D eigenvalue weighted by molar-refractivity contribution is -0.122. The van der Waals surface area contributed by atoms with E-state index in [2.05, 4.69) is 20.6 Å². The summed E-state index contributed by atoms with van der Waals surface area (Å²) in [4.78, 5) is 50.8. The van der Waals surface area contributed by atoms with E-state index in [4.69, 9.17) is 10.5 Å². The lowest BCUT2D eigenvalue weighted by atomic mass is 9.99. The normalized spacial score (nSPS) is 19.9. The van der Waals surface area contributed by atoms with Crippen molar-refractivity contribution in [2.45, 2.75) is 45.2 Å². The van der Waals surface area contributed by atoms with E-state index in [1.807, 2.05) is 44.2 Å². The molecule has 1 aromatic carbocycles. The van der Waals surface area contributed by atoms with Crippen molar-refractivity contribution in [3.05, 3.63) is 65.3 Å². The molecule has 1 saturated carbocycles. The Hall–Kier alpha value is -4.35. The van der Waals surface area contributed by atoms with Crippen molar-refractivity contribution >= 4 is 56.3 Å². The molecule has 3 amide bonds. The van der Waals surface area contributed by atoms with Gasteiger partial charge in [0.25, 0.3) is 5.91 Å². The Kier molecular flexibility index (Phi) is 6.47. The predicted molar refractivity (Wildman–Crippen MR) is 153 cm³/mol. The van der Waals surface area contributed by atoms with Crippen molar-refractivity contribution in [2.24, 2.45) is 11.7 Å². The topological polar surface area (TPSA) is 140 Å². The number of nitrogens with one attached hydrogen (secondary N) is 2. The van der Waals surface area contributed by atoms with Crippen molar-refractivity contribution in [1.29, 1.82) is 0 Å². The highest BCUT2D eigenvalue weighted by atomic mass is 32.1. The fourth-order valence-electron chi connectivity index (χ4n) is 5.44. The molecule has 2 atom stereocenters. The van der Waals surface area contributed by atoms with Crippen LogP contribution in [0, 0.1) is 12.8 Å². The van der Waals surface area contributed by atoms with E-state index in [0.29, 0.717) is 69.5 Å². The van der Waals surface area contributed by atoms with E-state index in [1.165, 1.54) is 16.2 Å². The molecule has 1 fully saturated rings. The van der Waals surface area contributed by atoms with Crippen molar-refractivity contribution in [3.63, 3.8) is 0 Å². The van der Waals surface area contributed by atoms with E-state index in [9.17, 15) is 14.4 Å². The van der Waals surface area contributed by atoms with Crippen LogP contribution < -0.4 is 26.0 Å². The number of carbonyl (C=O) groups is 3. The molecule has 0 radical (unpaired) electrons. The quantitative estimate of drug-likeness (QED) is 0.250. The van der Waals surface area contributed by atoms with Crippen molar-refractivity contribution in [1.82, 2.24) is 15.3 Å². The number of benzene rings is 1. The van der Waals surface area contributed by atoms with Gasteiger partial charge < -0.3 is 21.1 Å². The van der Waals surface area contributed by atoms with E-state index in [1.54, 1.807) is 24.5 Å². The van der Waals surface area contributed by atoms with Crippen LogP contribution in [0.3, 0.4) is 0 Å². The lowest BCUT2D eigenvalue weighted by Crippen LogP contribution is -2.54. The number of ketones is 1. The molecule has 40 heavy (non-hydrogen) atoms. The summed E-state index contributed by atoms with van der Waals surface area (Å²) < 4.78 is 5.87. The van der Waals surface area contributed by atoms with Gasteiger partial charge in [-0.1, -0.05) is 25.1 Å². The van der Waals surface area contributed by atoms with Crippen molar-refractivity contribution < 1.29 is 19.1 Å². The minimum Gasteiger partial charge on any atom is -0.439 e. The minimum atomic E-state index is -1.01. The minimum absolute atomic E-state index is 0.151. The number of pyridine rings is 2. The molecule has 10 nitrogen and oxygen atoms in total. The van der Waals surface area contributed by atoms with Gasteiger partial charge >= 0.3 is 6.03 Å². The number of hydrogen-bond acceptors (Lipinski definition) is 8. The number of ether oxygens (including phenoxy) is 1. The van der Waals surface area contributed by atoms with Crippen molar-refractivity contribution in [2.75, 3.05) is 10.2 Å². The maximum atomic E-state index is 13.8. The molecule has 0 spiro atoms. The second-order valence-electron chi connectivity index (χ2n) is 10.2. The monoisotopic (exact) mass is 556 g/mol. The Bertz CT molecular complexity index is 1660. The Morgan fingerprint density at radius 1 is 1.25 bits per heavy atom. The van der Waals surface area contributed by atoms with Gasteiger partial charge in [0.2, 0.25) is 5.88 Å². The van der Waals surface area contributed by atoms with Gasteiger partial charge in [0.15, 0.2) is 0 Å². The summed E-state index contributed by atoms with van der Waals surface area (Å²) in [6.45, 7) is 3.68. The number of hydrogen-bond donors (Lipinski definition) is 3. The first-order chi connectivity index (χ1) is 19.3. The van der Waals surface area contributed by atoms with Gasteiger partial charge in [0, 0.05) is 24.6 Å². The molecule has 11 heteroatoms. The Morgan fingerprint density at radius 3 is 2.80 bits per heavy atom. The molecule has 1 aliphatic heterocycles. The summed E-state index contributed by atoms with van der Waals surface area (Å²) in [7, 11) is 0. The molecule has 1 aliphatic carbocycles. The molecule has 4 heterocycles. The van der Waals surface area contributed by atoms with Gasteiger partial charge in [-0.25, -0.2) is 14.8 Å². The molecule has 6 rings (SSSR count). The largest absolute Gasteiger partial charge is 0.439 e. The van der Waals surface area contributed by atoms with E-state index in [-0.39, 0.29) is 11.7 Å². The van der Waals surface area contributed by atoms with Crippen LogP contribution >= 0.6 is 11.3 Å². The molecular weight excluding hydrogens is 528 g/mol. The average molecular weight is 557 g/mol. The maximum Gasteiger partial charge on any atom is 0.331 e. The first-order valence-electron chi connectivity index (χ1n) is 13.1. The second kappa shape index (κ2) is 10.00. The summed E-state index contributed by atoms with van der Waals surface area (Å²) in [5.41, 5.74) is 7.78. The number of para-hydroxylation sites is 1. The number of amides is 3. The van der Waals surface area contributed by atoms with Gasteiger partial charge in [-0.05, 0) is 49.9 Å². The fourth-order valence-corrected chi connectivity index (χ4v) is 6.49. The summed E-state index contributed by atoms with van der Waals surface area (Å²) in [6, 6.07) is 12.3. The van der Waals surface area contributed by atoms with Gasteiger partial charge in [-0.3, -0.25) is 14.5 Å². The van der Waals surface area contributed by atoms with Crippen LogP contribution in [0.5, 0.6) is 11.6 Å². The lowest BCUT2D eigenvalue weighted by Gasteiger charge is -2.30. The van der Waals surface area contributed by atoms with Crippen LogP contribution in [0.15, 0.2) is 54.9 Å². The van der Waals surface area contributed by atoms with Crippen LogP contribution in [-0.2, 0) is 4.79 Å². The number of aromatic nitrogens is 2. The van der Waals surface area contributed by atoms with Gasteiger partial charge in [0.1, 0.15) is 21.2 Å². The first kappa shape index (κ1) is 25.9. The van der Waals surface area contributed by atoms with Crippen LogP contribution in [0.1, 0.15) is 47.8 Å². The molecule has 0 saturated heterocycles. The van der Waals surface area contributed by atoms with E-state index < -0.39 is 17.6 Å². The third-order valence-corrected chi connectivity index (χ3v) is 8.51. The van der Waals surface area contributed by atoms with Crippen LogP contribution in [-0.4, -0.2) is 33.4 Å². The molecule has 3 aromatic heterocycles. The Balaban J connectivity index is 1.37. The highest BCUT2D eigenvalue weighted by molar-refractivity contribution is 7.21. The summed E-state index contributed by atoms with van der Waals surface area (Å²) >= 11 is 1.19. The number of urea groups is 1. The Morgan fingerprint density at radius 2 is 2.05 bits per heavy atom. The summed E-state index contributed by atoms with van der Waals surface area (Å²) in [5, 5.41) is 6.55. The zero-order valence-electron chi connectivity index (χ0n) is 22.1. The highest BCUT2D eigenvalue weighted by Crippen LogP contribution is 2.48. The molecule has 4 N–H and O–H groups in total. The maximum absolute atomic E-state index is 13.8. The molecule has 4 aromatic rings.